The summed E-state index contributed by atoms with van der Waals surface area (Å²) in [7, 11) is 0. The molecule has 5 rings (SSSR count). The standard InChI is InChI=1S/C33H44N4O3/c1-5-25-10-9-19-35(22-25)29(38)23-36-24-37(28-11-7-6-8-12-28)33(31(36)40)17-20-34(21-18-33)30(39)26-13-15-27(16-14-26)32(2,3)4/h6-8,11-16,25H,5,9-10,17-24H2,1-4H3. The normalized spacial score (nSPS) is 21.3. The molecule has 3 aliphatic rings. The third-order valence-corrected chi connectivity index (χ3v) is 9.23. The van der Waals surface area contributed by atoms with Crippen molar-refractivity contribution in [3.8, 4) is 0 Å². The quantitative estimate of drug-likeness (QED) is 0.537. The fourth-order valence-corrected chi connectivity index (χ4v) is 6.59. The van der Waals surface area contributed by atoms with Crippen LogP contribution in [-0.4, -0.2) is 77.4 Å². The Morgan fingerprint density at radius 1 is 0.925 bits per heavy atom. The van der Waals surface area contributed by atoms with Crippen LogP contribution < -0.4 is 4.90 Å². The van der Waals surface area contributed by atoms with E-state index in [1.54, 1.807) is 4.90 Å². The topological polar surface area (TPSA) is 64.2 Å². The number of carbonyl (C=O) groups excluding carboxylic acids is 3. The van der Waals surface area contributed by atoms with Gasteiger partial charge in [-0.2, -0.15) is 0 Å². The van der Waals surface area contributed by atoms with Crippen molar-refractivity contribution >= 4 is 23.4 Å². The second kappa shape index (κ2) is 11.3. The predicted octanol–water partition coefficient (Wildman–Crippen LogP) is 4.91. The number of anilines is 1. The van der Waals surface area contributed by atoms with E-state index in [1.807, 2.05) is 64.4 Å². The molecule has 0 saturated carbocycles. The maximum absolute atomic E-state index is 14.1. The molecular weight excluding hydrogens is 500 g/mol. The minimum atomic E-state index is -0.748. The van der Waals surface area contributed by atoms with Crippen molar-refractivity contribution in [1.29, 1.82) is 0 Å². The van der Waals surface area contributed by atoms with Gasteiger partial charge in [-0.05, 0) is 66.8 Å². The summed E-state index contributed by atoms with van der Waals surface area (Å²) >= 11 is 0. The Morgan fingerprint density at radius 3 is 2.23 bits per heavy atom. The van der Waals surface area contributed by atoms with E-state index in [4.69, 9.17) is 0 Å². The van der Waals surface area contributed by atoms with Gasteiger partial charge in [0.1, 0.15) is 12.1 Å². The molecule has 40 heavy (non-hydrogen) atoms. The summed E-state index contributed by atoms with van der Waals surface area (Å²) in [4.78, 5) is 48.6. The molecule has 1 atom stereocenters. The largest absolute Gasteiger partial charge is 0.341 e. The van der Waals surface area contributed by atoms with Gasteiger partial charge in [0.05, 0.1) is 6.67 Å². The van der Waals surface area contributed by atoms with Crippen molar-refractivity contribution in [3.05, 3.63) is 65.7 Å². The first-order valence-electron chi connectivity index (χ1n) is 14.9. The van der Waals surface area contributed by atoms with Crippen LogP contribution in [0.25, 0.3) is 0 Å². The number of amides is 3. The maximum Gasteiger partial charge on any atom is 0.253 e. The fraction of sp³-hybridized carbons (Fsp3) is 0.545. The zero-order valence-electron chi connectivity index (χ0n) is 24.6. The molecule has 2 aromatic carbocycles. The molecule has 214 valence electrons. The minimum Gasteiger partial charge on any atom is -0.341 e. The van der Waals surface area contributed by atoms with Crippen LogP contribution in [0.4, 0.5) is 5.69 Å². The molecule has 0 aromatic heterocycles. The monoisotopic (exact) mass is 544 g/mol. The first-order chi connectivity index (χ1) is 19.1. The van der Waals surface area contributed by atoms with Crippen molar-refractivity contribution in [3.63, 3.8) is 0 Å². The van der Waals surface area contributed by atoms with E-state index < -0.39 is 5.54 Å². The highest BCUT2D eigenvalue weighted by molar-refractivity contribution is 5.97. The Hall–Kier alpha value is -3.35. The average Bonchev–Trinajstić information content (AvgIpc) is 3.23. The van der Waals surface area contributed by atoms with Crippen molar-refractivity contribution in [2.45, 2.75) is 70.8 Å². The van der Waals surface area contributed by atoms with Crippen molar-refractivity contribution < 1.29 is 14.4 Å². The summed E-state index contributed by atoms with van der Waals surface area (Å²) in [5, 5.41) is 0. The van der Waals surface area contributed by atoms with Gasteiger partial charge in [0.25, 0.3) is 11.8 Å². The second-order valence-corrected chi connectivity index (χ2v) is 12.8. The number of para-hydroxylation sites is 1. The third kappa shape index (κ3) is 5.48. The molecule has 2 aromatic rings. The highest BCUT2D eigenvalue weighted by atomic mass is 16.2. The zero-order chi connectivity index (χ0) is 28.5. The lowest BCUT2D eigenvalue weighted by molar-refractivity contribution is -0.141. The van der Waals surface area contributed by atoms with Gasteiger partial charge in [-0.3, -0.25) is 14.4 Å². The number of hydrogen-bond acceptors (Lipinski definition) is 4. The second-order valence-electron chi connectivity index (χ2n) is 12.8. The molecule has 3 heterocycles. The van der Waals surface area contributed by atoms with E-state index in [0.717, 1.165) is 31.6 Å². The van der Waals surface area contributed by atoms with Crippen molar-refractivity contribution in [2.24, 2.45) is 5.92 Å². The lowest BCUT2D eigenvalue weighted by atomic mass is 9.84. The van der Waals surface area contributed by atoms with Crippen LogP contribution in [0, 0.1) is 5.92 Å². The molecule has 1 unspecified atom stereocenters. The third-order valence-electron chi connectivity index (χ3n) is 9.23. The summed E-state index contributed by atoms with van der Waals surface area (Å²) in [6, 6.07) is 17.9. The Balaban J connectivity index is 1.31. The molecule has 7 nitrogen and oxygen atoms in total. The molecule has 0 bridgehead atoms. The van der Waals surface area contributed by atoms with Gasteiger partial charge in [0.15, 0.2) is 0 Å². The first-order valence-corrected chi connectivity index (χ1v) is 14.9. The predicted molar refractivity (Wildman–Crippen MR) is 158 cm³/mol. The van der Waals surface area contributed by atoms with Crippen LogP contribution >= 0.6 is 0 Å². The minimum absolute atomic E-state index is 0.00891. The lowest BCUT2D eigenvalue weighted by Crippen LogP contribution is -2.57. The van der Waals surface area contributed by atoms with Gasteiger partial charge in [0, 0.05) is 37.4 Å². The highest BCUT2D eigenvalue weighted by Gasteiger charge is 2.54. The molecule has 7 heteroatoms. The van der Waals surface area contributed by atoms with Crippen LogP contribution in [0.5, 0.6) is 0 Å². The molecule has 3 aliphatic heterocycles. The Morgan fingerprint density at radius 2 is 1.60 bits per heavy atom. The van der Waals surface area contributed by atoms with E-state index >= 15 is 0 Å². The molecule has 3 fully saturated rings. The van der Waals surface area contributed by atoms with Crippen LogP contribution in [-0.2, 0) is 15.0 Å². The number of rotatable bonds is 5. The SMILES string of the molecule is CCC1CCCN(C(=O)CN2CN(c3ccccc3)C3(CCN(C(=O)c4ccc(C(C)(C)C)cc4)CC3)C2=O)C1. The summed E-state index contributed by atoms with van der Waals surface area (Å²) in [5.74, 6) is 0.610. The van der Waals surface area contributed by atoms with Gasteiger partial charge in [-0.15, -0.1) is 0 Å². The zero-order valence-corrected chi connectivity index (χ0v) is 24.6. The van der Waals surface area contributed by atoms with Gasteiger partial charge in [-0.25, -0.2) is 0 Å². The van der Waals surface area contributed by atoms with E-state index in [2.05, 4.69) is 32.6 Å². The van der Waals surface area contributed by atoms with E-state index in [1.165, 1.54) is 12.0 Å². The molecular formula is C33H44N4O3. The Labute approximate surface area is 239 Å². The number of benzene rings is 2. The molecule has 3 saturated heterocycles. The number of carbonyl (C=O) groups is 3. The highest BCUT2D eigenvalue weighted by Crippen LogP contribution is 2.40. The number of likely N-dealkylation sites (tertiary alicyclic amines) is 2. The fourth-order valence-electron chi connectivity index (χ4n) is 6.59. The summed E-state index contributed by atoms with van der Waals surface area (Å²) < 4.78 is 0. The van der Waals surface area contributed by atoms with Crippen LogP contribution in [0.2, 0.25) is 0 Å². The van der Waals surface area contributed by atoms with Gasteiger partial charge in [-0.1, -0.05) is 64.4 Å². The van der Waals surface area contributed by atoms with Crippen molar-refractivity contribution in [2.75, 3.05) is 44.3 Å². The number of hydrogen-bond donors (Lipinski definition) is 0. The summed E-state index contributed by atoms with van der Waals surface area (Å²) in [5.41, 5.74) is 2.14. The number of piperidine rings is 2. The maximum atomic E-state index is 14.1. The lowest BCUT2D eigenvalue weighted by Gasteiger charge is -2.43. The molecule has 0 aliphatic carbocycles. The van der Waals surface area contributed by atoms with Gasteiger partial charge in [0.2, 0.25) is 5.91 Å². The summed E-state index contributed by atoms with van der Waals surface area (Å²) in [6.07, 6.45) is 4.36. The smallest absolute Gasteiger partial charge is 0.253 e. The Bertz CT molecular complexity index is 1210. The van der Waals surface area contributed by atoms with E-state index in [0.29, 0.717) is 44.1 Å². The van der Waals surface area contributed by atoms with Crippen LogP contribution in [0.15, 0.2) is 54.6 Å². The molecule has 3 amide bonds. The molecule has 0 N–H and O–H groups in total. The van der Waals surface area contributed by atoms with Crippen LogP contribution in [0.1, 0.15) is 75.7 Å². The summed E-state index contributed by atoms with van der Waals surface area (Å²) in [6.45, 7) is 11.7. The van der Waals surface area contributed by atoms with Crippen LogP contribution in [0.3, 0.4) is 0 Å². The number of nitrogens with zero attached hydrogens (tertiary/aromatic N) is 4. The van der Waals surface area contributed by atoms with E-state index in [-0.39, 0.29) is 29.7 Å². The van der Waals surface area contributed by atoms with Gasteiger partial charge >= 0.3 is 0 Å². The first kappa shape index (κ1) is 28.2. The molecule has 0 radical (unpaired) electrons. The van der Waals surface area contributed by atoms with E-state index in [9.17, 15) is 14.4 Å². The van der Waals surface area contributed by atoms with Crippen molar-refractivity contribution in [1.82, 2.24) is 14.7 Å². The average molecular weight is 545 g/mol. The Kier molecular flexibility index (Phi) is 7.94. The molecule has 1 spiro atoms. The van der Waals surface area contributed by atoms with Gasteiger partial charge < -0.3 is 19.6 Å².